The molecule has 0 aromatic heterocycles. The van der Waals surface area contributed by atoms with E-state index in [9.17, 15) is 18.3 Å². The van der Waals surface area contributed by atoms with Crippen LogP contribution in [0.15, 0.2) is 0 Å². The van der Waals surface area contributed by atoms with E-state index < -0.39 is 15.0 Å². The first-order chi connectivity index (χ1) is 7.95. The lowest BCUT2D eigenvalue weighted by Crippen LogP contribution is -2.30. The minimum absolute atomic E-state index is 0.0783. The Kier molecular flexibility index (Phi) is 12.6. The first kappa shape index (κ1) is 19.4. The SMILES string of the molecule is O=PPCC(CPP=O)(C[PH](=O)P)C[PH](=O)P. The number of rotatable bonds is 10. The quantitative estimate of drug-likeness (QED) is 0.519. The van der Waals surface area contributed by atoms with E-state index in [0.717, 1.165) is 0 Å². The van der Waals surface area contributed by atoms with Gasteiger partial charge in [-0.05, 0) is 34.3 Å². The highest BCUT2D eigenvalue weighted by Crippen LogP contribution is 2.52. The standard InChI is InChI=1S/C5H16O4P8/c6-14-12-1-5(2-13-15-7,3-16(8)10)4-17(9)11/h12-13,16-17H,1-4,10-11H2. The smallest absolute Gasteiger partial charge is 0.177 e. The Morgan fingerprint density at radius 1 is 0.941 bits per heavy atom. The molecule has 0 amide bonds. The molecule has 6 atom stereocenters. The van der Waals surface area contributed by atoms with Crippen LogP contribution >= 0.6 is 65.7 Å². The predicted octanol–water partition coefficient (Wildman–Crippen LogP) is 4.44. The molecule has 0 saturated carbocycles. The summed E-state index contributed by atoms with van der Waals surface area (Å²) in [7, 11) is 1.70. The normalized spacial score (nSPS) is 20.4. The molecule has 0 bridgehead atoms. The van der Waals surface area contributed by atoms with E-state index in [-0.39, 0.29) is 38.3 Å². The van der Waals surface area contributed by atoms with Gasteiger partial charge in [-0.15, -0.1) is 0 Å². The lowest BCUT2D eigenvalue weighted by molar-refractivity contribution is 0.487. The first-order valence-electron chi connectivity index (χ1n) is 4.63. The zero-order valence-electron chi connectivity index (χ0n) is 9.01. The van der Waals surface area contributed by atoms with E-state index in [1.807, 2.05) is 0 Å². The van der Waals surface area contributed by atoms with Crippen molar-refractivity contribution >= 4 is 65.7 Å². The van der Waals surface area contributed by atoms with Crippen LogP contribution in [0.25, 0.3) is 0 Å². The van der Waals surface area contributed by atoms with Gasteiger partial charge in [0.1, 0.15) is 0 Å². The van der Waals surface area contributed by atoms with Gasteiger partial charge in [-0.3, -0.25) is 9.13 Å². The fourth-order valence-corrected chi connectivity index (χ4v) is 11.8. The van der Waals surface area contributed by atoms with Crippen LogP contribution in [-0.2, 0) is 18.3 Å². The van der Waals surface area contributed by atoms with Crippen molar-refractivity contribution in [1.82, 2.24) is 0 Å². The number of hydrogen-bond acceptors (Lipinski definition) is 4. The van der Waals surface area contributed by atoms with Crippen LogP contribution in [0.1, 0.15) is 0 Å². The second kappa shape index (κ2) is 11.1. The Labute approximate surface area is 114 Å². The minimum atomic E-state index is -1.76. The van der Waals surface area contributed by atoms with Crippen LogP contribution in [0.2, 0.25) is 0 Å². The third-order valence-electron chi connectivity index (χ3n) is 2.14. The maximum absolute atomic E-state index is 11.5. The Balaban J connectivity index is 4.86. The second-order valence-corrected chi connectivity index (χ2v) is 14.8. The predicted molar refractivity (Wildman–Crippen MR) is 91.2 cm³/mol. The molecule has 100 valence electrons. The van der Waals surface area contributed by atoms with Crippen molar-refractivity contribution in [3.05, 3.63) is 0 Å². The lowest BCUT2D eigenvalue weighted by atomic mass is 9.99. The van der Waals surface area contributed by atoms with Crippen molar-refractivity contribution in [3.8, 4) is 0 Å². The van der Waals surface area contributed by atoms with E-state index >= 15 is 0 Å². The molecule has 0 aliphatic rings. The van der Waals surface area contributed by atoms with Gasteiger partial charge in [0, 0.05) is 12.3 Å². The van der Waals surface area contributed by atoms with E-state index in [1.165, 1.54) is 0 Å². The molecule has 12 heteroatoms. The van der Waals surface area contributed by atoms with Crippen molar-refractivity contribution < 1.29 is 18.3 Å². The Morgan fingerprint density at radius 3 is 1.53 bits per heavy atom. The van der Waals surface area contributed by atoms with Gasteiger partial charge in [-0.1, -0.05) is 17.9 Å². The van der Waals surface area contributed by atoms with Crippen molar-refractivity contribution in [3.63, 3.8) is 0 Å². The van der Waals surface area contributed by atoms with Crippen LogP contribution < -0.4 is 0 Å². The average Bonchev–Trinajstić information content (AvgIpc) is 2.22. The van der Waals surface area contributed by atoms with Gasteiger partial charge in [-0.25, -0.2) is 0 Å². The van der Waals surface area contributed by atoms with Gasteiger partial charge in [0.2, 0.25) is 0 Å². The van der Waals surface area contributed by atoms with Crippen LogP contribution in [0, 0.1) is 5.41 Å². The van der Waals surface area contributed by atoms with E-state index in [4.69, 9.17) is 0 Å². The topological polar surface area (TPSA) is 68.3 Å². The molecule has 0 N–H and O–H groups in total. The van der Waals surface area contributed by atoms with Crippen LogP contribution in [-0.4, -0.2) is 24.6 Å². The summed E-state index contributed by atoms with van der Waals surface area (Å²) < 4.78 is 44.1. The van der Waals surface area contributed by atoms with E-state index in [2.05, 4.69) is 17.9 Å². The van der Waals surface area contributed by atoms with Crippen LogP contribution in [0.4, 0.5) is 0 Å². The maximum atomic E-state index is 11.5. The summed E-state index contributed by atoms with van der Waals surface area (Å²) in [5, 5.41) is 0. The molecule has 4 nitrogen and oxygen atoms in total. The summed E-state index contributed by atoms with van der Waals surface area (Å²) in [6, 6.07) is 0. The van der Waals surface area contributed by atoms with Gasteiger partial charge in [-0.2, -0.15) is 0 Å². The summed E-state index contributed by atoms with van der Waals surface area (Å²) in [4.78, 5) is 0. The highest BCUT2D eigenvalue weighted by atomic mass is 32.0. The van der Waals surface area contributed by atoms with Gasteiger partial charge >= 0.3 is 0 Å². The monoisotopic (exact) mass is 388 g/mol. The Hall–Kier alpha value is 2.38. The van der Waals surface area contributed by atoms with Crippen molar-refractivity contribution in [1.29, 1.82) is 0 Å². The highest BCUT2D eigenvalue weighted by molar-refractivity contribution is 8.08. The maximum Gasteiger partial charge on any atom is 0.177 e. The highest BCUT2D eigenvalue weighted by Gasteiger charge is 2.32. The molecule has 17 heavy (non-hydrogen) atoms. The number of hydrogen-bond donors (Lipinski definition) is 0. The van der Waals surface area contributed by atoms with Gasteiger partial charge in [0.05, 0.1) is 15.0 Å². The molecule has 0 aromatic carbocycles. The molecule has 0 saturated heterocycles. The molecule has 6 unspecified atom stereocenters. The van der Waals surface area contributed by atoms with E-state index in [1.54, 1.807) is 0 Å². The van der Waals surface area contributed by atoms with Crippen molar-refractivity contribution in [2.75, 3.05) is 24.6 Å². The summed E-state index contributed by atoms with van der Waals surface area (Å²) in [6.45, 7) is 0. The minimum Gasteiger partial charge on any atom is -0.323 e. The fraction of sp³-hybridized carbons (Fsp3) is 1.00. The van der Waals surface area contributed by atoms with Crippen LogP contribution in [0.5, 0.6) is 0 Å². The van der Waals surface area contributed by atoms with Gasteiger partial charge in [0.15, 0.2) is 16.3 Å². The second-order valence-electron chi connectivity index (χ2n) is 3.64. The Morgan fingerprint density at radius 2 is 1.29 bits per heavy atom. The van der Waals surface area contributed by atoms with E-state index in [0.29, 0.717) is 24.6 Å². The molecule has 0 aliphatic heterocycles. The van der Waals surface area contributed by atoms with Gasteiger partial charge < -0.3 is 9.13 Å². The average molecular weight is 388 g/mol. The first-order valence-corrected chi connectivity index (χ1v) is 17.2. The Bertz CT molecular complexity index is 276. The molecular weight excluding hydrogens is 372 g/mol. The molecule has 0 aromatic rings. The molecule has 0 spiro atoms. The summed E-state index contributed by atoms with van der Waals surface area (Å²) >= 11 is 0. The molecule has 0 aliphatic carbocycles. The zero-order chi connectivity index (χ0) is 13.3. The third kappa shape index (κ3) is 9.85. The third-order valence-corrected chi connectivity index (χ3v) is 9.36. The fourth-order valence-electron chi connectivity index (χ4n) is 1.51. The van der Waals surface area contributed by atoms with Crippen molar-refractivity contribution in [2.45, 2.75) is 0 Å². The lowest BCUT2D eigenvalue weighted by Gasteiger charge is -2.31. The molecule has 0 fully saturated rings. The summed E-state index contributed by atoms with van der Waals surface area (Å²) in [6.07, 6.45) is 2.27. The van der Waals surface area contributed by atoms with Gasteiger partial charge in [0.25, 0.3) is 0 Å². The molecule has 0 rings (SSSR count). The largest absolute Gasteiger partial charge is 0.323 e. The summed E-state index contributed by atoms with van der Waals surface area (Å²) in [5.74, 6) is 0. The molecular formula is C5H16O4P8. The molecule has 0 radical (unpaired) electrons. The van der Waals surface area contributed by atoms with Crippen molar-refractivity contribution in [2.24, 2.45) is 5.41 Å². The summed E-state index contributed by atoms with van der Waals surface area (Å²) in [5.41, 5.74) is -0.318. The van der Waals surface area contributed by atoms with Crippen LogP contribution in [0.3, 0.4) is 0 Å². The zero-order valence-corrected chi connectivity index (χ0v) is 17.1. The molecule has 0 heterocycles.